The number of aromatic amines is 1. The van der Waals surface area contributed by atoms with Gasteiger partial charge in [-0.15, -0.1) is 12.4 Å². The fourth-order valence-electron chi connectivity index (χ4n) is 2.10. The first-order valence-corrected chi connectivity index (χ1v) is 4.74. The van der Waals surface area contributed by atoms with E-state index in [0.717, 1.165) is 19.5 Å². The predicted molar refractivity (Wildman–Crippen MR) is 61.0 cm³/mol. The third-order valence-corrected chi connectivity index (χ3v) is 2.76. The van der Waals surface area contributed by atoms with Crippen LogP contribution in [0.25, 0.3) is 10.9 Å². The number of benzene rings is 1. The van der Waals surface area contributed by atoms with Gasteiger partial charge in [0.25, 0.3) is 0 Å². The summed E-state index contributed by atoms with van der Waals surface area (Å²) in [4.78, 5) is 3.48. The van der Waals surface area contributed by atoms with Crippen LogP contribution in [0.4, 0.5) is 0 Å². The molecule has 0 unspecified atom stereocenters. The van der Waals surface area contributed by atoms with E-state index in [9.17, 15) is 0 Å². The summed E-state index contributed by atoms with van der Waals surface area (Å²) in [5.41, 5.74) is 4.15. The van der Waals surface area contributed by atoms with Crippen LogP contribution in [0.1, 0.15) is 11.3 Å². The van der Waals surface area contributed by atoms with Crippen molar-refractivity contribution in [2.24, 2.45) is 0 Å². The van der Waals surface area contributed by atoms with Gasteiger partial charge in [0.2, 0.25) is 0 Å². The summed E-state index contributed by atoms with van der Waals surface area (Å²) in [7, 11) is 0. The van der Waals surface area contributed by atoms with Crippen molar-refractivity contribution < 1.29 is 0 Å². The summed E-state index contributed by atoms with van der Waals surface area (Å²) in [5.74, 6) is 0. The standard InChI is InChI=1S/C11H12N2.ClH/c1-2-4-10-8(3-1)9-7-12-6-5-11(9)13-10;/h1-4,12-13H,5-7H2;1H. The second kappa shape index (κ2) is 3.64. The molecule has 0 radical (unpaired) electrons. The molecule has 2 heterocycles. The maximum Gasteiger partial charge on any atom is 0.0459 e. The highest BCUT2D eigenvalue weighted by Gasteiger charge is 2.13. The van der Waals surface area contributed by atoms with E-state index in [1.165, 1.54) is 22.2 Å². The van der Waals surface area contributed by atoms with Gasteiger partial charge in [-0.05, 0) is 11.6 Å². The number of hydrogen-bond acceptors (Lipinski definition) is 1. The van der Waals surface area contributed by atoms with Crippen molar-refractivity contribution in [2.45, 2.75) is 13.0 Å². The second-order valence-corrected chi connectivity index (χ2v) is 3.55. The normalized spacial score (nSPS) is 14.9. The smallest absolute Gasteiger partial charge is 0.0459 e. The highest BCUT2D eigenvalue weighted by atomic mass is 35.5. The zero-order chi connectivity index (χ0) is 8.67. The van der Waals surface area contributed by atoms with Gasteiger partial charge in [0, 0.05) is 36.1 Å². The number of aromatic nitrogens is 1. The molecule has 0 bridgehead atoms. The topological polar surface area (TPSA) is 27.8 Å². The first-order chi connectivity index (χ1) is 6.45. The molecular weight excluding hydrogens is 196 g/mol. The molecule has 0 aliphatic carbocycles. The van der Waals surface area contributed by atoms with Crippen molar-refractivity contribution in [2.75, 3.05) is 6.54 Å². The van der Waals surface area contributed by atoms with Crippen molar-refractivity contribution in [3.05, 3.63) is 35.5 Å². The molecule has 0 saturated heterocycles. The van der Waals surface area contributed by atoms with Crippen LogP contribution < -0.4 is 5.32 Å². The van der Waals surface area contributed by atoms with Gasteiger partial charge in [0.05, 0.1) is 0 Å². The molecular formula is C11H13ClN2. The summed E-state index contributed by atoms with van der Waals surface area (Å²) >= 11 is 0. The SMILES string of the molecule is Cl.c1ccc2c3c([nH]c2c1)CCNC3. The van der Waals surface area contributed by atoms with Crippen LogP contribution in [0.2, 0.25) is 0 Å². The average molecular weight is 209 g/mol. The highest BCUT2D eigenvalue weighted by molar-refractivity contribution is 5.85. The molecule has 1 aliphatic heterocycles. The van der Waals surface area contributed by atoms with Crippen LogP contribution in [0, 0.1) is 0 Å². The van der Waals surface area contributed by atoms with Crippen LogP contribution in [0.5, 0.6) is 0 Å². The van der Waals surface area contributed by atoms with Crippen LogP contribution >= 0.6 is 12.4 Å². The number of H-pyrrole nitrogens is 1. The minimum absolute atomic E-state index is 0. The summed E-state index contributed by atoms with van der Waals surface area (Å²) in [5, 5.41) is 4.78. The summed E-state index contributed by atoms with van der Waals surface area (Å²) in [6.45, 7) is 2.11. The summed E-state index contributed by atoms with van der Waals surface area (Å²) in [6.07, 6.45) is 1.13. The number of nitrogens with one attached hydrogen (secondary N) is 2. The Kier molecular flexibility index (Phi) is 2.48. The Balaban J connectivity index is 0.000000750. The number of para-hydroxylation sites is 1. The molecule has 0 fully saturated rings. The first kappa shape index (κ1) is 9.56. The number of halogens is 1. The van der Waals surface area contributed by atoms with Crippen molar-refractivity contribution in [1.82, 2.24) is 10.3 Å². The van der Waals surface area contributed by atoms with Crippen LogP contribution in [-0.4, -0.2) is 11.5 Å². The van der Waals surface area contributed by atoms with Gasteiger partial charge in [-0.25, -0.2) is 0 Å². The zero-order valence-electron chi connectivity index (χ0n) is 7.84. The maximum atomic E-state index is 3.48. The third-order valence-electron chi connectivity index (χ3n) is 2.76. The molecule has 14 heavy (non-hydrogen) atoms. The third kappa shape index (κ3) is 1.31. The molecule has 0 saturated carbocycles. The average Bonchev–Trinajstić information content (AvgIpc) is 2.56. The monoisotopic (exact) mass is 208 g/mol. The summed E-state index contributed by atoms with van der Waals surface area (Å²) in [6, 6.07) is 8.52. The molecule has 1 aromatic carbocycles. The van der Waals surface area contributed by atoms with Gasteiger partial charge in [0.15, 0.2) is 0 Å². The Morgan fingerprint density at radius 1 is 1.14 bits per heavy atom. The van der Waals surface area contributed by atoms with E-state index in [1.54, 1.807) is 0 Å². The maximum absolute atomic E-state index is 3.48. The van der Waals surface area contributed by atoms with E-state index in [-0.39, 0.29) is 12.4 Å². The Morgan fingerprint density at radius 2 is 2.00 bits per heavy atom. The Labute approximate surface area is 89.1 Å². The van der Waals surface area contributed by atoms with E-state index < -0.39 is 0 Å². The molecule has 3 rings (SSSR count). The first-order valence-electron chi connectivity index (χ1n) is 4.74. The van der Waals surface area contributed by atoms with Gasteiger partial charge >= 0.3 is 0 Å². The van der Waals surface area contributed by atoms with Gasteiger partial charge < -0.3 is 10.3 Å². The molecule has 74 valence electrons. The van der Waals surface area contributed by atoms with Crippen molar-refractivity contribution in [3.8, 4) is 0 Å². The molecule has 0 amide bonds. The minimum Gasteiger partial charge on any atom is -0.358 e. The molecule has 3 heteroatoms. The van der Waals surface area contributed by atoms with E-state index in [4.69, 9.17) is 0 Å². The van der Waals surface area contributed by atoms with E-state index in [0.29, 0.717) is 0 Å². The molecule has 0 spiro atoms. The lowest BCUT2D eigenvalue weighted by atomic mass is 10.1. The van der Waals surface area contributed by atoms with Gasteiger partial charge in [0.1, 0.15) is 0 Å². The summed E-state index contributed by atoms with van der Waals surface area (Å²) < 4.78 is 0. The van der Waals surface area contributed by atoms with E-state index in [2.05, 4.69) is 34.6 Å². The van der Waals surface area contributed by atoms with Gasteiger partial charge in [-0.3, -0.25) is 0 Å². The van der Waals surface area contributed by atoms with E-state index in [1.807, 2.05) is 0 Å². The molecule has 1 aromatic heterocycles. The van der Waals surface area contributed by atoms with Gasteiger partial charge in [-0.2, -0.15) is 0 Å². The largest absolute Gasteiger partial charge is 0.358 e. The van der Waals surface area contributed by atoms with Crippen LogP contribution in [-0.2, 0) is 13.0 Å². The number of fused-ring (bicyclic) bond motifs is 3. The molecule has 0 atom stereocenters. The predicted octanol–water partition coefficient (Wildman–Crippen LogP) is 2.24. The quantitative estimate of drug-likeness (QED) is 0.683. The highest BCUT2D eigenvalue weighted by Crippen LogP contribution is 2.24. The molecule has 2 nitrogen and oxygen atoms in total. The minimum atomic E-state index is 0. The second-order valence-electron chi connectivity index (χ2n) is 3.55. The fraction of sp³-hybridized carbons (Fsp3) is 0.273. The lowest BCUT2D eigenvalue weighted by Gasteiger charge is -2.12. The van der Waals surface area contributed by atoms with Crippen molar-refractivity contribution in [1.29, 1.82) is 0 Å². The molecule has 2 N–H and O–H groups in total. The van der Waals surface area contributed by atoms with Gasteiger partial charge in [-0.1, -0.05) is 18.2 Å². The Bertz CT molecular complexity index is 447. The lowest BCUT2D eigenvalue weighted by molar-refractivity contribution is 0.641. The Hall–Kier alpha value is -0.990. The van der Waals surface area contributed by atoms with Crippen LogP contribution in [0.3, 0.4) is 0 Å². The fourth-order valence-corrected chi connectivity index (χ4v) is 2.10. The lowest BCUT2D eigenvalue weighted by Crippen LogP contribution is -2.22. The Morgan fingerprint density at radius 3 is 2.93 bits per heavy atom. The number of rotatable bonds is 0. The number of hydrogen-bond donors (Lipinski definition) is 2. The molecule has 2 aromatic rings. The molecule has 1 aliphatic rings. The van der Waals surface area contributed by atoms with Crippen molar-refractivity contribution in [3.63, 3.8) is 0 Å². The van der Waals surface area contributed by atoms with Crippen LogP contribution in [0.15, 0.2) is 24.3 Å². The van der Waals surface area contributed by atoms with E-state index >= 15 is 0 Å². The van der Waals surface area contributed by atoms with Crippen molar-refractivity contribution >= 4 is 23.3 Å². The zero-order valence-corrected chi connectivity index (χ0v) is 8.66.